The van der Waals surface area contributed by atoms with Gasteiger partial charge in [0, 0.05) is 11.1 Å². The minimum atomic E-state index is -0.208. The van der Waals surface area contributed by atoms with E-state index in [1.807, 2.05) is 25.1 Å². The van der Waals surface area contributed by atoms with Crippen LogP contribution in [0.3, 0.4) is 0 Å². The number of aromatic amines is 1. The number of H-pyrrole nitrogens is 1. The van der Waals surface area contributed by atoms with Gasteiger partial charge in [0.25, 0.3) is 0 Å². The summed E-state index contributed by atoms with van der Waals surface area (Å²) in [7, 11) is 1.75. The van der Waals surface area contributed by atoms with Crippen LogP contribution in [0.5, 0.6) is 0 Å². The predicted octanol–water partition coefficient (Wildman–Crippen LogP) is 1.11. The zero-order valence-corrected chi connectivity index (χ0v) is 9.24. The molecule has 84 valence electrons. The molecule has 1 atom stereocenters. The average molecular weight is 218 g/mol. The van der Waals surface area contributed by atoms with Crippen LogP contribution in [0.4, 0.5) is 5.69 Å². The predicted molar refractivity (Wildman–Crippen MR) is 63.2 cm³/mol. The third-order valence-corrected chi connectivity index (χ3v) is 2.53. The van der Waals surface area contributed by atoms with E-state index in [4.69, 9.17) is 0 Å². The third-order valence-electron chi connectivity index (χ3n) is 2.53. The molecule has 1 aromatic carbocycles. The molecule has 0 saturated heterocycles. The molecule has 1 heterocycles. The van der Waals surface area contributed by atoms with E-state index in [-0.39, 0.29) is 11.9 Å². The van der Waals surface area contributed by atoms with Crippen molar-refractivity contribution < 1.29 is 4.79 Å². The zero-order valence-electron chi connectivity index (χ0n) is 9.24. The van der Waals surface area contributed by atoms with Crippen LogP contribution in [-0.4, -0.2) is 29.2 Å². The van der Waals surface area contributed by atoms with Crippen LogP contribution in [-0.2, 0) is 4.79 Å². The van der Waals surface area contributed by atoms with Crippen LogP contribution in [0.2, 0.25) is 0 Å². The third kappa shape index (κ3) is 2.04. The van der Waals surface area contributed by atoms with E-state index in [2.05, 4.69) is 20.8 Å². The fourth-order valence-electron chi connectivity index (χ4n) is 1.40. The Balaban J connectivity index is 2.17. The molecule has 0 radical (unpaired) electrons. The standard InChI is InChI=1S/C11H14N4O/c1-7(12-2)11(16)14-9-3-4-10-8(5-9)6-13-15-10/h3-7,12H,1-2H3,(H,13,15)(H,14,16). The molecule has 2 aromatic rings. The van der Waals surface area contributed by atoms with Crippen molar-refractivity contribution in [2.75, 3.05) is 12.4 Å². The molecule has 5 heteroatoms. The molecule has 1 amide bonds. The number of carbonyl (C=O) groups excluding carboxylic acids is 1. The summed E-state index contributed by atoms with van der Waals surface area (Å²) >= 11 is 0. The molecule has 0 bridgehead atoms. The number of nitrogens with one attached hydrogen (secondary N) is 3. The Hall–Kier alpha value is -1.88. The van der Waals surface area contributed by atoms with Crippen molar-refractivity contribution in [2.45, 2.75) is 13.0 Å². The van der Waals surface area contributed by atoms with E-state index in [1.54, 1.807) is 13.2 Å². The maximum atomic E-state index is 11.6. The minimum absolute atomic E-state index is 0.0506. The van der Waals surface area contributed by atoms with E-state index in [0.717, 1.165) is 16.6 Å². The van der Waals surface area contributed by atoms with Gasteiger partial charge in [-0.05, 0) is 32.2 Å². The highest BCUT2D eigenvalue weighted by molar-refractivity contribution is 5.96. The molecule has 0 saturated carbocycles. The number of carbonyl (C=O) groups is 1. The van der Waals surface area contributed by atoms with Crippen LogP contribution in [0, 0.1) is 0 Å². The van der Waals surface area contributed by atoms with E-state index in [9.17, 15) is 4.79 Å². The van der Waals surface area contributed by atoms with Crippen molar-refractivity contribution in [1.29, 1.82) is 0 Å². The maximum absolute atomic E-state index is 11.6. The van der Waals surface area contributed by atoms with Gasteiger partial charge in [-0.2, -0.15) is 5.10 Å². The van der Waals surface area contributed by atoms with Gasteiger partial charge in [-0.1, -0.05) is 0 Å². The quantitative estimate of drug-likeness (QED) is 0.722. The summed E-state index contributed by atoms with van der Waals surface area (Å²) < 4.78 is 0. The molecule has 0 spiro atoms. The number of amides is 1. The van der Waals surface area contributed by atoms with Gasteiger partial charge in [0.15, 0.2) is 0 Å². The summed E-state index contributed by atoms with van der Waals surface area (Å²) in [5.74, 6) is -0.0506. The van der Waals surface area contributed by atoms with Gasteiger partial charge in [-0.15, -0.1) is 0 Å². The molecule has 0 fully saturated rings. The van der Waals surface area contributed by atoms with Crippen molar-refractivity contribution in [3.63, 3.8) is 0 Å². The average Bonchev–Trinajstić information content (AvgIpc) is 2.75. The van der Waals surface area contributed by atoms with Crippen molar-refractivity contribution in [3.8, 4) is 0 Å². The van der Waals surface area contributed by atoms with Gasteiger partial charge in [-0.25, -0.2) is 0 Å². The van der Waals surface area contributed by atoms with Gasteiger partial charge < -0.3 is 10.6 Å². The Kier molecular flexibility index (Phi) is 2.87. The summed E-state index contributed by atoms with van der Waals surface area (Å²) in [6.07, 6.45) is 1.73. The van der Waals surface area contributed by atoms with E-state index < -0.39 is 0 Å². The van der Waals surface area contributed by atoms with E-state index in [0.29, 0.717) is 0 Å². The normalized spacial score (nSPS) is 12.6. The molecular formula is C11H14N4O. The summed E-state index contributed by atoms with van der Waals surface area (Å²) in [6, 6.07) is 5.42. The lowest BCUT2D eigenvalue weighted by Crippen LogP contribution is -2.35. The van der Waals surface area contributed by atoms with Gasteiger partial charge >= 0.3 is 0 Å². The van der Waals surface area contributed by atoms with Crippen LogP contribution in [0.1, 0.15) is 6.92 Å². The molecule has 2 rings (SSSR count). The first-order valence-electron chi connectivity index (χ1n) is 5.12. The number of likely N-dealkylation sites (N-methyl/N-ethyl adjacent to an activating group) is 1. The first kappa shape index (κ1) is 10.6. The number of rotatable bonds is 3. The van der Waals surface area contributed by atoms with E-state index >= 15 is 0 Å². The second-order valence-corrected chi connectivity index (χ2v) is 3.67. The molecule has 1 aromatic heterocycles. The van der Waals surface area contributed by atoms with Gasteiger partial charge in [0.05, 0.1) is 17.8 Å². The second-order valence-electron chi connectivity index (χ2n) is 3.67. The zero-order chi connectivity index (χ0) is 11.5. The van der Waals surface area contributed by atoms with Crippen molar-refractivity contribution in [3.05, 3.63) is 24.4 Å². The largest absolute Gasteiger partial charge is 0.325 e. The smallest absolute Gasteiger partial charge is 0.241 e. The summed E-state index contributed by atoms with van der Waals surface area (Å²) in [5.41, 5.74) is 1.74. The Morgan fingerprint density at radius 2 is 2.31 bits per heavy atom. The highest BCUT2D eigenvalue weighted by atomic mass is 16.2. The van der Waals surface area contributed by atoms with Crippen LogP contribution < -0.4 is 10.6 Å². The highest BCUT2D eigenvalue weighted by Crippen LogP contribution is 2.16. The first-order chi connectivity index (χ1) is 7.70. The van der Waals surface area contributed by atoms with Crippen molar-refractivity contribution >= 4 is 22.5 Å². The number of nitrogens with zero attached hydrogens (tertiary/aromatic N) is 1. The Labute approximate surface area is 93.2 Å². The molecule has 0 aliphatic carbocycles. The van der Waals surface area contributed by atoms with Gasteiger partial charge in [-0.3, -0.25) is 9.89 Å². The van der Waals surface area contributed by atoms with Crippen LogP contribution in [0.15, 0.2) is 24.4 Å². The fourth-order valence-corrected chi connectivity index (χ4v) is 1.40. The molecule has 5 nitrogen and oxygen atoms in total. The van der Waals surface area contributed by atoms with Gasteiger partial charge in [0.2, 0.25) is 5.91 Å². The fraction of sp³-hybridized carbons (Fsp3) is 0.273. The summed E-state index contributed by atoms with van der Waals surface area (Å²) in [6.45, 7) is 1.81. The number of anilines is 1. The van der Waals surface area contributed by atoms with Gasteiger partial charge in [0.1, 0.15) is 0 Å². The lowest BCUT2D eigenvalue weighted by atomic mass is 10.2. The first-order valence-corrected chi connectivity index (χ1v) is 5.12. The molecular weight excluding hydrogens is 204 g/mol. The Morgan fingerprint density at radius 3 is 3.06 bits per heavy atom. The lowest BCUT2D eigenvalue weighted by molar-refractivity contribution is -0.117. The number of benzene rings is 1. The summed E-state index contributed by atoms with van der Waals surface area (Å²) in [4.78, 5) is 11.6. The van der Waals surface area contributed by atoms with Crippen molar-refractivity contribution in [2.24, 2.45) is 0 Å². The Morgan fingerprint density at radius 1 is 1.50 bits per heavy atom. The molecule has 16 heavy (non-hydrogen) atoms. The molecule has 0 aliphatic heterocycles. The lowest BCUT2D eigenvalue weighted by Gasteiger charge is -2.10. The highest BCUT2D eigenvalue weighted by Gasteiger charge is 2.10. The van der Waals surface area contributed by atoms with Crippen LogP contribution >= 0.6 is 0 Å². The monoisotopic (exact) mass is 218 g/mol. The maximum Gasteiger partial charge on any atom is 0.241 e. The van der Waals surface area contributed by atoms with E-state index in [1.165, 1.54) is 0 Å². The number of hydrogen-bond acceptors (Lipinski definition) is 3. The Bertz CT molecular complexity index is 505. The van der Waals surface area contributed by atoms with Crippen molar-refractivity contribution in [1.82, 2.24) is 15.5 Å². The second kappa shape index (κ2) is 4.32. The molecule has 3 N–H and O–H groups in total. The number of aromatic nitrogens is 2. The van der Waals surface area contributed by atoms with Crippen LogP contribution in [0.25, 0.3) is 10.9 Å². The topological polar surface area (TPSA) is 69.8 Å². The number of fused-ring (bicyclic) bond motifs is 1. The molecule has 0 aliphatic rings. The number of hydrogen-bond donors (Lipinski definition) is 3. The summed E-state index contributed by atoms with van der Waals surface area (Å²) in [5, 5.41) is 13.5. The molecule has 1 unspecified atom stereocenters. The minimum Gasteiger partial charge on any atom is -0.325 e. The SMILES string of the molecule is CNC(C)C(=O)Nc1ccc2[nH]ncc2c1.